The van der Waals surface area contributed by atoms with E-state index in [4.69, 9.17) is 9.84 Å². The van der Waals surface area contributed by atoms with E-state index < -0.39 is 29.3 Å². The molecule has 2 aromatic heterocycles. The molecule has 0 spiro atoms. The predicted molar refractivity (Wildman–Crippen MR) is 168 cm³/mol. The van der Waals surface area contributed by atoms with Crippen molar-refractivity contribution in [3.8, 4) is 28.6 Å². The van der Waals surface area contributed by atoms with Crippen LogP contribution in [0.5, 0.6) is 0 Å². The first-order valence-corrected chi connectivity index (χ1v) is 15.2. The SMILES string of the molecule is CCNc1cc(-c2ccc(C#N)cc2-c2nncn2C)cc(N2Cc3c(cc(COCC4(NC(=O)O)CCC4)cc3C(F)(F)F)C2=O)n1. The Morgan fingerprint density at radius 1 is 1.15 bits per heavy atom. The first-order valence-electron chi connectivity index (χ1n) is 15.2. The largest absolute Gasteiger partial charge is 0.465 e. The number of benzene rings is 2. The van der Waals surface area contributed by atoms with Gasteiger partial charge < -0.3 is 25.0 Å². The van der Waals surface area contributed by atoms with Gasteiger partial charge in [0.15, 0.2) is 5.82 Å². The van der Waals surface area contributed by atoms with Crippen LogP contribution in [-0.4, -0.2) is 55.5 Å². The Hall–Kier alpha value is -5.49. The zero-order valence-corrected chi connectivity index (χ0v) is 26.1. The lowest BCUT2D eigenvalue weighted by Crippen LogP contribution is -2.56. The Balaban J connectivity index is 1.36. The molecule has 0 saturated heterocycles. The van der Waals surface area contributed by atoms with E-state index in [9.17, 15) is 28.0 Å². The molecular formula is C33H31F3N8O4. The van der Waals surface area contributed by atoms with Gasteiger partial charge in [-0.15, -0.1) is 10.2 Å². The van der Waals surface area contributed by atoms with Crippen LogP contribution in [0, 0.1) is 11.3 Å². The second-order valence-corrected chi connectivity index (χ2v) is 11.9. The van der Waals surface area contributed by atoms with Crippen molar-refractivity contribution >= 4 is 23.6 Å². The lowest BCUT2D eigenvalue weighted by atomic mass is 9.77. The molecule has 2 aromatic carbocycles. The third-order valence-electron chi connectivity index (χ3n) is 8.59. The average molecular weight is 661 g/mol. The number of carboxylic acid groups (broad SMARTS) is 1. The molecule has 0 atom stereocenters. The summed E-state index contributed by atoms with van der Waals surface area (Å²) >= 11 is 0. The van der Waals surface area contributed by atoms with Crippen molar-refractivity contribution in [1.29, 1.82) is 5.26 Å². The fraction of sp³-hybridized carbons (Fsp3) is 0.333. The Morgan fingerprint density at radius 2 is 1.94 bits per heavy atom. The van der Waals surface area contributed by atoms with Crippen molar-refractivity contribution in [2.24, 2.45) is 7.05 Å². The second kappa shape index (κ2) is 12.6. The van der Waals surface area contributed by atoms with E-state index in [0.717, 1.165) is 12.5 Å². The summed E-state index contributed by atoms with van der Waals surface area (Å²) in [6.07, 6.45) is -2.49. The molecule has 3 heterocycles. The summed E-state index contributed by atoms with van der Waals surface area (Å²) in [5.74, 6) is 0.366. The van der Waals surface area contributed by atoms with Gasteiger partial charge in [0.1, 0.15) is 18.0 Å². The summed E-state index contributed by atoms with van der Waals surface area (Å²) in [6.45, 7) is 1.74. The maximum Gasteiger partial charge on any atom is 0.416 e. The highest BCUT2D eigenvalue weighted by Crippen LogP contribution is 2.41. The second-order valence-electron chi connectivity index (χ2n) is 11.9. The number of aromatic nitrogens is 4. The molecule has 48 heavy (non-hydrogen) atoms. The number of nitrogens with zero attached hydrogens (tertiary/aromatic N) is 6. The molecule has 248 valence electrons. The summed E-state index contributed by atoms with van der Waals surface area (Å²) in [6, 6.07) is 12.9. The molecule has 2 amide bonds. The molecule has 1 saturated carbocycles. The van der Waals surface area contributed by atoms with Crippen LogP contribution in [0.2, 0.25) is 0 Å². The summed E-state index contributed by atoms with van der Waals surface area (Å²) in [5, 5.41) is 32.5. The molecule has 1 aliphatic heterocycles. The van der Waals surface area contributed by atoms with Crippen LogP contribution in [0.4, 0.5) is 29.6 Å². The number of anilines is 2. The molecular weight excluding hydrogens is 629 g/mol. The van der Waals surface area contributed by atoms with Crippen LogP contribution in [0.15, 0.2) is 48.8 Å². The third-order valence-corrected chi connectivity index (χ3v) is 8.59. The number of fused-ring (bicyclic) bond motifs is 1. The number of nitriles is 1. The first kappa shape index (κ1) is 32.5. The molecule has 0 bridgehead atoms. The molecule has 1 aliphatic carbocycles. The van der Waals surface area contributed by atoms with Crippen LogP contribution in [0.25, 0.3) is 22.5 Å². The maximum absolute atomic E-state index is 14.4. The molecule has 3 N–H and O–H groups in total. The molecule has 0 radical (unpaired) electrons. The minimum Gasteiger partial charge on any atom is -0.465 e. The van der Waals surface area contributed by atoms with E-state index in [1.54, 1.807) is 41.9 Å². The van der Waals surface area contributed by atoms with Gasteiger partial charge in [-0.1, -0.05) is 6.07 Å². The fourth-order valence-electron chi connectivity index (χ4n) is 6.15. The number of carbonyl (C=O) groups is 2. The number of hydrogen-bond donors (Lipinski definition) is 3. The monoisotopic (exact) mass is 660 g/mol. The number of hydrogen-bond acceptors (Lipinski definition) is 8. The van der Waals surface area contributed by atoms with E-state index in [1.807, 2.05) is 6.92 Å². The quantitative estimate of drug-likeness (QED) is 0.193. The fourth-order valence-corrected chi connectivity index (χ4v) is 6.15. The Bertz CT molecular complexity index is 1950. The molecule has 6 rings (SSSR count). The van der Waals surface area contributed by atoms with Gasteiger partial charge in [0, 0.05) is 24.7 Å². The van der Waals surface area contributed by atoms with Crippen LogP contribution < -0.4 is 15.5 Å². The zero-order valence-electron chi connectivity index (χ0n) is 26.1. The number of rotatable bonds is 10. The van der Waals surface area contributed by atoms with Gasteiger partial charge in [-0.3, -0.25) is 9.69 Å². The van der Waals surface area contributed by atoms with Crippen molar-refractivity contribution in [3.63, 3.8) is 0 Å². The number of pyridine rings is 1. The summed E-state index contributed by atoms with van der Waals surface area (Å²) in [5.41, 5.74) is 0.360. The van der Waals surface area contributed by atoms with Crippen molar-refractivity contribution in [3.05, 3.63) is 76.6 Å². The lowest BCUT2D eigenvalue weighted by Gasteiger charge is -2.41. The Kier molecular flexibility index (Phi) is 8.52. The van der Waals surface area contributed by atoms with E-state index in [2.05, 4.69) is 31.9 Å². The van der Waals surface area contributed by atoms with Gasteiger partial charge in [0.2, 0.25) is 0 Å². The highest BCUT2D eigenvalue weighted by molar-refractivity contribution is 6.10. The van der Waals surface area contributed by atoms with Gasteiger partial charge in [-0.05, 0) is 84.8 Å². The van der Waals surface area contributed by atoms with Crippen molar-refractivity contribution in [2.75, 3.05) is 23.4 Å². The molecule has 2 aliphatic rings. The van der Waals surface area contributed by atoms with Gasteiger partial charge in [0.05, 0.1) is 42.5 Å². The van der Waals surface area contributed by atoms with Gasteiger partial charge in [0.25, 0.3) is 5.91 Å². The lowest BCUT2D eigenvalue weighted by molar-refractivity contribution is -0.138. The minimum atomic E-state index is -4.76. The highest BCUT2D eigenvalue weighted by Gasteiger charge is 2.42. The molecule has 15 heteroatoms. The number of alkyl halides is 3. The van der Waals surface area contributed by atoms with Crippen molar-refractivity contribution < 1.29 is 32.6 Å². The topological polar surface area (TPSA) is 158 Å². The average Bonchev–Trinajstić information content (AvgIpc) is 3.61. The van der Waals surface area contributed by atoms with E-state index in [-0.39, 0.29) is 42.3 Å². The Labute approximate surface area is 273 Å². The third kappa shape index (κ3) is 6.26. The van der Waals surface area contributed by atoms with Crippen LogP contribution in [-0.2, 0) is 31.1 Å². The number of ether oxygens (including phenoxy) is 1. The zero-order chi connectivity index (χ0) is 34.2. The molecule has 0 unspecified atom stereocenters. The van der Waals surface area contributed by atoms with Gasteiger partial charge >= 0.3 is 12.3 Å². The maximum atomic E-state index is 14.4. The van der Waals surface area contributed by atoms with Gasteiger partial charge in [-0.2, -0.15) is 18.4 Å². The number of aryl methyl sites for hydroxylation is 1. The van der Waals surface area contributed by atoms with Crippen LogP contribution >= 0.6 is 0 Å². The summed E-state index contributed by atoms with van der Waals surface area (Å²) in [4.78, 5) is 30.9. The first-order chi connectivity index (χ1) is 22.9. The Morgan fingerprint density at radius 3 is 2.56 bits per heavy atom. The molecule has 1 fully saturated rings. The smallest absolute Gasteiger partial charge is 0.416 e. The molecule has 12 nitrogen and oxygen atoms in total. The number of amides is 2. The van der Waals surface area contributed by atoms with Crippen molar-refractivity contribution in [1.82, 2.24) is 25.1 Å². The number of carbonyl (C=O) groups excluding carboxylic acids is 1. The number of nitrogens with one attached hydrogen (secondary N) is 2. The standard InChI is InChI=1S/C33H31F3N8O4/c1-3-38-27-12-21(22-6-5-19(14-37)9-23(22)29-42-39-18-43(29)2)13-28(40-27)44-15-25-24(30(44)45)10-20(11-26(25)33(34,35)36)16-48-17-32(7-4-8-32)41-31(46)47/h5-6,9-13,18,41H,3-4,7-8,15-17H2,1-2H3,(H,38,40)(H,46,47). The summed E-state index contributed by atoms with van der Waals surface area (Å²) in [7, 11) is 1.76. The van der Waals surface area contributed by atoms with Crippen LogP contribution in [0.3, 0.4) is 0 Å². The number of halogens is 3. The van der Waals surface area contributed by atoms with Crippen LogP contribution in [0.1, 0.15) is 58.8 Å². The van der Waals surface area contributed by atoms with Gasteiger partial charge in [-0.25, -0.2) is 9.78 Å². The van der Waals surface area contributed by atoms with Crippen molar-refractivity contribution in [2.45, 2.75) is 51.1 Å². The minimum absolute atomic E-state index is 0.00655. The van der Waals surface area contributed by atoms with E-state index in [1.165, 1.54) is 17.3 Å². The summed E-state index contributed by atoms with van der Waals surface area (Å²) < 4.78 is 50.6. The highest BCUT2D eigenvalue weighted by atomic mass is 19.4. The normalized spacial score (nSPS) is 15.1. The van der Waals surface area contributed by atoms with E-state index >= 15 is 0 Å². The molecule has 4 aromatic rings. The predicted octanol–water partition coefficient (Wildman–Crippen LogP) is 5.73. The van der Waals surface area contributed by atoms with E-state index in [0.29, 0.717) is 53.3 Å².